The summed E-state index contributed by atoms with van der Waals surface area (Å²) >= 11 is 1.86. The maximum atomic E-state index is 5.85. The smallest absolute Gasteiger partial charge is 0.209 e. The molecular formula is C55H40N4S. The molecule has 0 aliphatic carbocycles. The Labute approximate surface area is 352 Å². The summed E-state index contributed by atoms with van der Waals surface area (Å²) in [5.41, 5.74) is 11.5. The third kappa shape index (κ3) is 5.61. The van der Waals surface area contributed by atoms with E-state index in [-0.39, 0.29) is 6.04 Å². The maximum absolute atomic E-state index is 5.85. The summed E-state index contributed by atoms with van der Waals surface area (Å²) in [7, 11) is 0. The van der Waals surface area contributed by atoms with Gasteiger partial charge in [-0.1, -0.05) is 164 Å². The summed E-state index contributed by atoms with van der Waals surface area (Å²) in [5.74, 6) is 0.823. The van der Waals surface area contributed by atoms with Crippen molar-refractivity contribution in [2.75, 3.05) is 0 Å². The van der Waals surface area contributed by atoms with Gasteiger partial charge in [0.15, 0.2) is 0 Å². The van der Waals surface area contributed by atoms with Gasteiger partial charge in [-0.2, -0.15) is 0 Å². The summed E-state index contributed by atoms with van der Waals surface area (Å²) in [4.78, 5) is 5.85. The number of para-hydroxylation sites is 2. The van der Waals surface area contributed by atoms with E-state index < -0.39 is 0 Å². The van der Waals surface area contributed by atoms with Crippen LogP contribution in [0.15, 0.2) is 199 Å². The zero-order valence-electron chi connectivity index (χ0n) is 32.9. The Morgan fingerprint density at radius 1 is 0.517 bits per heavy atom. The molecule has 0 saturated carbocycles. The molecule has 12 rings (SSSR count). The highest BCUT2D eigenvalue weighted by molar-refractivity contribution is 7.26. The van der Waals surface area contributed by atoms with Gasteiger partial charge in [-0.15, -0.1) is 11.3 Å². The fourth-order valence-corrected chi connectivity index (χ4v) is 10.8. The average Bonchev–Trinajstić information content (AvgIpc) is 3.99. The second-order valence-electron chi connectivity index (χ2n) is 15.8. The zero-order chi connectivity index (χ0) is 39.6. The fraction of sp³-hybridized carbons (Fsp3) is 0.0727. The highest BCUT2D eigenvalue weighted by atomic mass is 32.1. The number of hydrogen-bond donors (Lipinski definition) is 1. The van der Waals surface area contributed by atoms with E-state index in [1.165, 1.54) is 69.5 Å². The third-order valence-electron chi connectivity index (χ3n) is 12.3. The topological polar surface area (TPSA) is 34.2 Å². The maximum Gasteiger partial charge on any atom is 0.209 e. The van der Waals surface area contributed by atoms with Crippen LogP contribution in [0.1, 0.15) is 36.4 Å². The van der Waals surface area contributed by atoms with Gasteiger partial charge in [0.2, 0.25) is 5.96 Å². The first-order valence-corrected chi connectivity index (χ1v) is 21.7. The predicted molar refractivity (Wildman–Crippen MR) is 256 cm³/mol. The molecular weight excluding hydrogens is 749 g/mol. The number of benzene rings is 8. The first-order chi connectivity index (χ1) is 29.8. The van der Waals surface area contributed by atoms with Crippen molar-refractivity contribution in [1.82, 2.24) is 14.5 Å². The van der Waals surface area contributed by atoms with Crippen molar-refractivity contribution in [3.8, 4) is 16.8 Å². The average molecular weight is 789 g/mol. The fourth-order valence-electron chi connectivity index (χ4n) is 9.59. The summed E-state index contributed by atoms with van der Waals surface area (Å²) < 4.78 is 7.48. The summed E-state index contributed by atoms with van der Waals surface area (Å²) in [6, 6.07) is 68.5. The molecule has 0 amide bonds. The molecule has 1 atom stereocenters. The summed E-state index contributed by atoms with van der Waals surface area (Å²) in [5, 5.41) is 11.5. The third-order valence-corrected chi connectivity index (χ3v) is 13.6. The monoisotopic (exact) mass is 788 g/mol. The van der Waals surface area contributed by atoms with Gasteiger partial charge in [0, 0.05) is 53.0 Å². The molecule has 0 bridgehead atoms. The number of fused-ring (bicyclic) bond motifs is 10. The predicted octanol–water partition coefficient (Wildman–Crippen LogP) is 14.7. The van der Waals surface area contributed by atoms with Crippen molar-refractivity contribution in [3.05, 3.63) is 205 Å². The van der Waals surface area contributed by atoms with Gasteiger partial charge in [-0.25, -0.2) is 4.99 Å². The van der Waals surface area contributed by atoms with Gasteiger partial charge >= 0.3 is 0 Å². The molecule has 0 saturated heterocycles. The molecule has 8 aromatic carbocycles. The van der Waals surface area contributed by atoms with Crippen LogP contribution < -0.4 is 5.32 Å². The lowest BCUT2D eigenvalue weighted by molar-refractivity contribution is 0.563. The van der Waals surface area contributed by atoms with Gasteiger partial charge in [-0.05, 0) is 66.3 Å². The van der Waals surface area contributed by atoms with Crippen molar-refractivity contribution >= 4 is 86.8 Å². The molecule has 1 aliphatic rings. The van der Waals surface area contributed by atoms with Crippen LogP contribution in [0.2, 0.25) is 0 Å². The van der Waals surface area contributed by atoms with Crippen LogP contribution in [-0.2, 0) is 0 Å². The lowest BCUT2D eigenvalue weighted by Crippen LogP contribution is -2.34. The van der Waals surface area contributed by atoms with Gasteiger partial charge in [0.05, 0.1) is 33.8 Å². The van der Waals surface area contributed by atoms with Crippen LogP contribution in [-0.4, -0.2) is 15.1 Å². The highest BCUT2D eigenvalue weighted by Crippen LogP contribution is 2.43. The van der Waals surface area contributed by atoms with Crippen molar-refractivity contribution in [3.63, 3.8) is 0 Å². The quantitative estimate of drug-likeness (QED) is 0.189. The van der Waals surface area contributed by atoms with Crippen molar-refractivity contribution in [1.29, 1.82) is 0 Å². The molecule has 5 heteroatoms. The second kappa shape index (κ2) is 14.3. The van der Waals surface area contributed by atoms with E-state index >= 15 is 0 Å². The molecule has 1 N–H and O–H groups in total. The minimum atomic E-state index is 0.0571. The Morgan fingerprint density at radius 3 is 1.92 bits per heavy atom. The number of hydrogen-bond acceptors (Lipinski definition) is 3. The van der Waals surface area contributed by atoms with Crippen LogP contribution in [0.3, 0.4) is 0 Å². The Kier molecular flexibility index (Phi) is 8.27. The number of rotatable bonds is 4. The first kappa shape index (κ1) is 34.8. The lowest BCUT2D eigenvalue weighted by Gasteiger charge is -2.23. The van der Waals surface area contributed by atoms with E-state index in [0.717, 1.165) is 53.2 Å². The van der Waals surface area contributed by atoms with Crippen LogP contribution in [0, 0.1) is 0 Å². The second-order valence-corrected chi connectivity index (χ2v) is 16.9. The van der Waals surface area contributed by atoms with E-state index in [9.17, 15) is 0 Å². The van der Waals surface area contributed by atoms with Gasteiger partial charge in [0.1, 0.15) is 0 Å². The molecule has 11 aromatic rings. The Morgan fingerprint density at radius 2 is 1.13 bits per heavy atom. The molecule has 1 aliphatic heterocycles. The molecule has 1 unspecified atom stereocenters. The van der Waals surface area contributed by atoms with Crippen molar-refractivity contribution < 1.29 is 0 Å². The number of nitrogens with one attached hydrogen (secondary N) is 1. The molecule has 286 valence electrons. The molecule has 0 radical (unpaired) electrons. The molecule has 0 spiro atoms. The first-order valence-electron chi connectivity index (χ1n) is 20.9. The Bertz CT molecular complexity index is 3490. The van der Waals surface area contributed by atoms with Crippen LogP contribution in [0.25, 0.3) is 86.3 Å². The number of nitrogens with zero attached hydrogens (tertiary/aromatic N) is 3. The normalized spacial score (nSPS) is 15.0. The number of aromatic nitrogens is 2. The van der Waals surface area contributed by atoms with Gasteiger partial charge in [0.25, 0.3) is 0 Å². The molecule has 0 fully saturated rings. The van der Waals surface area contributed by atoms with E-state index in [2.05, 4.69) is 209 Å². The number of thiophene rings is 1. The molecule has 4 heterocycles. The molecule has 4 nitrogen and oxygen atoms in total. The SMILES string of the molecule is C1=C(c2cccc3c2sc2ccccc23)N=C(n2c3ccccc3c3ccc4c5ccccc5n(-c5cccc(-c6ccccc6)c5)c4c32)NC(c2ccccc2)CCC1. The molecule has 3 aromatic heterocycles. The zero-order valence-corrected chi connectivity index (χ0v) is 33.7. The van der Waals surface area contributed by atoms with E-state index in [1.54, 1.807) is 0 Å². The van der Waals surface area contributed by atoms with Crippen LogP contribution in [0.5, 0.6) is 0 Å². The van der Waals surface area contributed by atoms with Gasteiger partial charge < -0.3 is 9.88 Å². The van der Waals surface area contributed by atoms with E-state index in [0.29, 0.717) is 0 Å². The summed E-state index contributed by atoms with van der Waals surface area (Å²) in [6.07, 6.45) is 5.31. The lowest BCUT2D eigenvalue weighted by atomic mass is 10.0. The van der Waals surface area contributed by atoms with Crippen molar-refractivity contribution in [2.45, 2.75) is 25.3 Å². The highest BCUT2D eigenvalue weighted by Gasteiger charge is 2.26. The van der Waals surface area contributed by atoms with Crippen LogP contribution in [0.4, 0.5) is 0 Å². The minimum Gasteiger partial charge on any atom is -0.349 e. The van der Waals surface area contributed by atoms with Crippen LogP contribution >= 0.6 is 11.3 Å². The summed E-state index contributed by atoms with van der Waals surface area (Å²) in [6.45, 7) is 0. The Balaban J connectivity index is 1.18. The van der Waals surface area contributed by atoms with E-state index in [4.69, 9.17) is 4.99 Å². The largest absolute Gasteiger partial charge is 0.349 e. The van der Waals surface area contributed by atoms with Gasteiger partial charge in [-0.3, -0.25) is 4.57 Å². The Hall–Kier alpha value is -7.21. The minimum absolute atomic E-state index is 0.0571. The molecule has 60 heavy (non-hydrogen) atoms. The standard InChI is InChI=1S/C55H40N4S/c1-3-17-36(18-4-1)38-21-15-22-39(35-38)58-49-30-12-7-23-40(49)43-33-34-44-41-24-8-13-31-50(41)59(53(44)52(43)58)55-56-47(37-19-5-2-6-20-37)28-10-11-29-48(57-55)46-27-16-26-45-42-25-9-14-32-51(42)60-54(45)46/h1-9,12-27,29-35,47H,10-11,28H2,(H,56,57). The number of allylic oxidation sites excluding steroid dienone is 1. The number of aliphatic imine (C=N–C) groups is 1. The van der Waals surface area contributed by atoms with E-state index in [1.807, 2.05) is 11.3 Å². The van der Waals surface area contributed by atoms with Crippen molar-refractivity contribution in [2.24, 2.45) is 4.99 Å².